The van der Waals surface area contributed by atoms with E-state index in [0.29, 0.717) is 5.92 Å². The highest BCUT2D eigenvalue weighted by Gasteiger charge is 2.20. The molecule has 1 aliphatic carbocycles. The van der Waals surface area contributed by atoms with Crippen molar-refractivity contribution in [3.63, 3.8) is 0 Å². The highest BCUT2D eigenvalue weighted by molar-refractivity contribution is 9.10. The van der Waals surface area contributed by atoms with Crippen molar-refractivity contribution in [2.45, 2.75) is 30.1 Å². The molecular formula is C17H18BrNS. The molecule has 104 valence electrons. The second kappa shape index (κ2) is 6.23. The molecule has 2 aromatic carbocycles. The van der Waals surface area contributed by atoms with Crippen molar-refractivity contribution >= 4 is 33.4 Å². The van der Waals surface area contributed by atoms with E-state index in [-0.39, 0.29) is 0 Å². The highest BCUT2D eigenvalue weighted by Crippen LogP contribution is 2.37. The number of nitrogen functional groups attached to an aromatic ring is 1. The summed E-state index contributed by atoms with van der Waals surface area (Å²) in [7, 11) is 0. The molecule has 0 saturated carbocycles. The summed E-state index contributed by atoms with van der Waals surface area (Å²) in [6.07, 6.45) is 3.83. The van der Waals surface area contributed by atoms with Crippen molar-refractivity contribution in [3.8, 4) is 0 Å². The Kier molecular flexibility index (Phi) is 4.37. The molecule has 0 fully saturated rings. The SMILES string of the molecule is Nc1cc(Br)ccc1SCC1CCCc2ccccc21. The maximum Gasteiger partial charge on any atom is 0.0463 e. The van der Waals surface area contributed by atoms with Gasteiger partial charge < -0.3 is 5.73 Å². The van der Waals surface area contributed by atoms with Crippen LogP contribution >= 0.6 is 27.7 Å². The van der Waals surface area contributed by atoms with E-state index in [1.807, 2.05) is 17.8 Å². The van der Waals surface area contributed by atoms with E-state index in [1.165, 1.54) is 29.7 Å². The van der Waals surface area contributed by atoms with Gasteiger partial charge in [0.25, 0.3) is 0 Å². The summed E-state index contributed by atoms with van der Waals surface area (Å²) in [5.74, 6) is 1.77. The standard InChI is InChI=1S/C17H18BrNS/c18-14-8-9-17(16(19)10-14)20-11-13-6-3-5-12-4-1-2-7-15(12)13/h1-2,4,7-10,13H,3,5-6,11,19H2. The second-order valence-electron chi connectivity index (χ2n) is 5.28. The Balaban J connectivity index is 1.73. The maximum atomic E-state index is 6.08. The van der Waals surface area contributed by atoms with Gasteiger partial charge in [-0.2, -0.15) is 0 Å². The van der Waals surface area contributed by atoms with E-state index in [0.717, 1.165) is 15.9 Å². The zero-order valence-corrected chi connectivity index (χ0v) is 13.7. The summed E-state index contributed by atoms with van der Waals surface area (Å²) in [4.78, 5) is 1.19. The molecule has 0 aromatic heterocycles. The molecular weight excluding hydrogens is 330 g/mol. The van der Waals surface area contributed by atoms with Gasteiger partial charge in [-0.1, -0.05) is 40.2 Å². The Morgan fingerprint density at radius 3 is 2.90 bits per heavy atom. The highest BCUT2D eigenvalue weighted by atomic mass is 79.9. The first kappa shape index (κ1) is 14.0. The average molecular weight is 348 g/mol. The van der Waals surface area contributed by atoms with E-state index in [2.05, 4.69) is 52.3 Å². The Bertz CT molecular complexity index is 612. The Morgan fingerprint density at radius 1 is 1.20 bits per heavy atom. The number of fused-ring (bicyclic) bond motifs is 1. The molecule has 0 radical (unpaired) electrons. The lowest BCUT2D eigenvalue weighted by atomic mass is 9.84. The normalized spacial score (nSPS) is 17.8. The van der Waals surface area contributed by atoms with Crippen LogP contribution in [0.2, 0.25) is 0 Å². The van der Waals surface area contributed by atoms with Crippen molar-refractivity contribution in [2.75, 3.05) is 11.5 Å². The molecule has 0 aliphatic heterocycles. The lowest BCUT2D eigenvalue weighted by Gasteiger charge is -2.25. The minimum atomic E-state index is 0.660. The van der Waals surface area contributed by atoms with Gasteiger partial charge in [0.1, 0.15) is 0 Å². The average Bonchev–Trinajstić information content (AvgIpc) is 2.46. The third kappa shape index (κ3) is 3.04. The van der Waals surface area contributed by atoms with Crippen molar-refractivity contribution < 1.29 is 0 Å². The molecule has 0 saturated heterocycles. The molecule has 0 bridgehead atoms. The molecule has 0 amide bonds. The van der Waals surface area contributed by atoms with Crippen LogP contribution in [0.1, 0.15) is 29.9 Å². The molecule has 1 atom stereocenters. The van der Waals surface area contributed by atoms with Crippen molar-refractivity contribution in [2.24, 2.45) is 0 Å². The number of anilines is 1. The van der Waals surface area contributed by atoms with Crippen molar-refractivity contribution in [1.82, 2.24) is 0 Å². The van der Waals surface area contributed by atoms with E-state index in [4.69, 9.17) is 5.73 Å². The summed E-state index contributed by atoms with van der Waals surface area (Å²) in [5.41, 5.74) is 10.0. The number of hydrogen-bond acceptors (Lipinski definition) is 2. The summed E-state index contributed by atoms with van der Waals surface area (Å²) in [6.45, 7) is 0. The third-order valence-electron chi connectivity index (χ3n) is 3.91. The number of thioether (sulfide) groups is 1. The molecule has 1 aliphatic rings. The van der Waals surface area contributed by atoms with Gasteiger partial charge in [-0.3, -0.25) is 0 Å². The first-order valence-corrected chi connectivity index (χ1v) is 8.77. The first-order valence-electron chi connectivity index (χ1n) is 6.99. The Morgan fingerprint density at radius 2 is 2.05 bits per heavy atom. The number of rotatable bonds is 3. The zero-order chi connectivity index (χ0) is 13.9. The largest absolute Gasteiger partial charge is 0.398 e. The minimum Gasteiger partial charge on any atom is -0.398 e. The third-order valence-corrected chi connectivity index (χ3v) is 5.65. The van der Waals surface area contributed by atoms with E-state index in [1.54, 1.807) is 5.56 Å². The van der Waals surface area contributed by atoms with Crippen LogP contribution in [0, 0.1) is 0 Å². The summed E-state index contributed by atoms with van der Waals surface area (Å²) >= 11 is 5.34. The number of halogens is 1. The van der Waals surface area contributed by atoms with Crippen LogP contribution in [0.4, 0.5) is 5.69 Å². The Hall–Kier alpha value is -0.930. The second-order valence-corrected chi connectivity index (χ2v) is 7.26. The molecule has 1 unspecified atom stereocenters. The zero-order valence-electron chi connectivity index (χ0n) is 11.3. The summed E-state index contributed by atoms with van der Waals surface area (Å²) in [5, 5.41) is 0. The predicted molar refractivity (Wildman–Crippen MR) is 91.4 cm³/mol. The number of nitrogens with two attached hydrogens (primary N) is 1. The number of hydrogen-bond donors (Lipinski definition) is 1. The smallest absolute Gasteiger partial charge is 0.0463 e. The van der Waals surface area contributed by atoms with E-state index in [9.17, 15) is 0 Å². The molecule has 2 aromatic rings. The van der Waals surface area contributed by atoms with Gasteiger partial charge in [-0.15, -0.1) is 11.8 Å². The van der Waals surface area contributed by atoms with Crippen LogP contribution in [-0.4, -0.2) is 5.75 Å². The minimum absolute atomic E-state index is 0.660. The lowest BCUT2D eigenvalue weighted by Crippen LogP contribution is -2.11. The fourth-order valence-corrected chi connectivity index (χ4v) is 4.36. The molecule has 0 spiro atoms. The first-order chi connectivity index (χ1) is 9.74. The molecule has 1 nitrogen and oxygen atoms in total. The summed E-state index contributed by atoms with van der Waals surface area (Å²) in [6, 6.07) is 15.0. The number of benzene rings is 2. The monoisotopic (exact) mass is 347 g/mol. The van der Waals surface area contributed by atoms with Crippen LogP contribution in [0.5, 0.6) is 0 Å². The van der Waals surface area contributed by atoms with Gasteiger partial charge in [-0.25, -0.2) is 0 Å². The van der Waals surface area contributed by atoms with Gasteiger partial charge in [0, 0.05) is 20.8 Å². The van der Waals surface area contributed by atoms with Crippen LogP contribution < -0.4 is 5.73 Å². The topological polar surface area (TPSA) is 26.0 Å². The fourth-order valence-electron chi connectivity index (χ4n) is 2.87. The van der Waals surface area contributed by atoms with Gasteiger partial charge in [0.15, 0.2) is 0 Å². The Labute approximate surface area is 133 Å². The molecule has 3 rings (SSSR count). The molecule has 3 heteroatoms. The summed E-state index contributed by atoms with van der Waals surface area (Å²) < 4.78 is 1.04. The van der Waals surface area contributed by atoms with Gasteiger partial charge >= 0.3 is 0 Å². The fraction of sp³-hybridized carbons (Fsp3) is 0.294. The number of aryl methyl sites for hydroxylation is 1. The van der Waals surface area contributed by atoms with Gasteiger partial charge in [0.2, 0.25) is 0 Å². The maximum absolute atomic E-state index is 6.08. The van der Waals surface area contributed by atoms with E-state index < -0.39 is 0 Å². The predicted octanol–water partition coefficient (Wildman–Crippen LogP) is 5.24. The molecule has 2 N–H and O–H groups in total. The van der Waals surface area contributed by atoms with Gasteiger partial charge in [-0.05, 0) is 54.5 Å². The lowest BCUT2D eigenvalue weighted by molar-refractivity contribution is 0.596. The molecule has 0 heterocycles. The van der Waals surface area contributed by atoms with Crippen molar-refractivity contribution in [1.29, 1.82) is 0 Å². The van der Waals surface area contributed by atoms with E-state index >= 15 is 0 Å². The van der Waals surface area contributed by atoms with Crippen LogP contribution in [0.3, 0.4) is 0 Å². The van der Waals surface area contributed by atoms with Crippen LogP contribution in [-0.2, 0) is 6.42 Å². The quantitative estimate of drug-likeness (QED) is 0.606. The van der Waals surface area contributed by atoms with Crippen LogP contribution in [0.15, 0.2) is 51.8 Å². The van der Waals surface area contributed by atoms with Gasteiger partial charge in [0.05, 0.1) is 0 Å². The van der Waals surface area contributed by atoms with Crippen LogP contribution in [0.25, 0.3) is 0 Å². The molecule has 20 heavy (non-hydrogen) atoms. The van der Waals surface area contributed by atoms with Crippen molar-refractivity contribution in [3.05, 3.63) is 58.1 Å².